The Morgan fingerprint density at radius 3 is 2.56 bits per heavy atom. The molecular formula is C30H32Cl2N2O6S. The first kappa shape index (κ1) is 30.8. The average Bonchev–Trinajstić information content (AvgIpc) is 3.64. The topological polar surface area (TPSA) is 107 Å². The van der Waals surface area contributed by atoms with E-state index in [9.17, 15) is 14.7 Å². The molecule has 3 aromatic rings. The van der Waals surface area contributed by atoms with Crippen LogP contribution >= 0.6 is 34.5 Å². The summed E-state index contributed by atoms with van der Waals surface area (Å²) in [5, 5.41) is 14.4. The molecule has 1 aliphatic rings. The van der Waals surface area contributed by atoms with Crippen LogP contribution < -0.4 is 10.1 Å². The van der Waals surface area contributed by atoms with Crippen molar-refractivity contribution < 1.29 is 28.9 Å². The smallest absolute Gasteiger partial charge is 0.371 e. The van der Waals surface area contributed by atoms with Crippen molar-refractivity contribution in [3.63, 3.8) is 0 Å². The molecule has 0 atom stereocenters. The van der Waals surface area contributed by atoms with Crippen LogP contribution in [0.4, 0.5) is 5.13 Å². The van der Waals surface area contributed by atoms with Crippen LogP contribution in [-0.4, -0.2) is 49.4 Å². The van der Waals surface area contributed by atoms with Crippen LogP contribution in [0.3, 0.4) is 0 Å². The number of anilines is 1. The fourth-order valence-corrected chi connectivity index (χ4v) is 6.13. The van der Waals surface area contributed by atoms with E-state index in [0.717, 1.165) is 42.9 Å². The maximum absolute atomic E-state index is 13.0. The zero-order valence-corrected chi connectivity index (χ0v) is 25.2. The molecule has 2 N–H and O–H groups in total. The van der Waals surface area contributed by atoms with Gasteiger partial charge in [0.2, 0.25) is 5.76 Å². The molecule has 1 saturated carbocycles. The number of carbonyl (C=O) groups is 2. The summed E-state index contributed by atoms with van der Waals surface area (Å²) in [6.07, 6.45) is 8.11. The van der Waals surface area contributed by atoms with Gasteiger partial charge in [-0.05, 0) is 61.4 Å². The Balaban J connectivity index is 1.42. The molecular weight excluding hydrogens is 587 g/mol. The Hall–Kier alpha value is -3.11. The van der Waals surface area contributed by atoms with Crippen molar-refractivity contribution in [2.45, 2.75) is 38.5 Å². The Bertz CT molecular complexity index is 1390. The lowest BCUT2D eigenvalue weighted by Crippen LogP contribution is -2.12. The van der Waals surface area contributed by atoms with Crippen molar-refractivity contribution in [3.05, 3.63) is 68.2 Å². The average molecular weight is 620 g/mol. The van der Waals surface area contributed by atoms with Gasteiger partial charge in [-0.15, -0.1) is 11.3 Å². The highest BCUT2D eigenvalue weighted by Crippen LogP contribution is 2.36. The van der Waals surface area contributed by atoms with E-state index in [1.165, 1.54) is 62.3 Å². The van der Waals surface area contributed by atoms with E-state index in [4.69, 9.17) is 37.4 Å². The molecule has 1 fully saturated rings. The zero-order chi connectivity index (χ0) is 29.4. The number of aliphatic carboxylic acids is 1. The Labute approximate surface area is 253 Å². The number of aryl methyl sites for hydroxylation is 1. The van der Waals surface area contributed by atoms with Gasteiger partial charge in [0, 0.05) is 35.3 Å². The van der Waals surface area contributed by atoms with Gasteiger partial charge < -0.3 is 19.3 Å². The quantitative estimate of drug-likeness (QED) is 0.115. The van der Waals surface area contributed by atoms with Crippen LogP contribution in [0.1, 0.15) is 53.6 Å². The van der Waals surface area contributed by atoms with E-state index < -0.39 is 11.9 Å². The predicted molar refractivity (Wildman–Crippen MR) is 162 cm³/mol. The number of rotatable bonds is 13. The second kappa shape index (κ2) is 14.7. The van der Waals surface area contributed by atoms with Gasteiger partial charge in [0.25, 0.3) is 5.91 Å². The first-order chi connectivity index (χ1) is 19.8. The van der Waals surface area contributed by atoms with Crippen LogP contribution in [0, 0.1) is 5.92 Å². The number of methoxy groups -OCH3 is 2. The van der Waals surface area contributed by atoms with Gasteiger partial charge in [-0.2, -0.15) is 0 Å². The van der Waals surface area contributed by atoms with Crippen molar-refractivity contribution in [1.82, 2.24) is 4.98 Å². The normalized spacial score (nSPS) is 13.8. The molecule has 0 spiro atoms. The molecule has 0 saturated heterocycles. The van der Waals surface area contributed by atoms with Crippen LogP contribution in [-0.2, 0) is 20.7 Å². The number of amides is 1. The van der Waals surface area contributed by atoms with Gasteiger partial charge in [0.15, 0.2) is 5.13 Å². The summed E-state index contributed by atoms with van der Waals surface area (Å²) in [7, 11) is 2.87. The van der Waals surface area contributed by atoms with Crippen LogP contribution in [0.2, 0.25) is 10.0 Å². The molecule has 1 amide bonds. The number of nitrogens with one attached hydrogen (secondary N) is 1. The van der Waals surface area contributed by atoms with Gasteiger partial charge in [0.1, 0.15) is 5.75 Å². The van der Waals surface area contributed by atoms with Crippen molar-refractivity contribution in [1.29, 1.82) is 0 Å². The summed E-state index contributed by atoms with van der Waals surface area (Å²) < 4.78 is 16.5. The van der Waals surface area contributed by atoms with Crippen molar-refractivity contribution in [2.24, 2.45) is 5.92 Å². The number of nitrogens with zero attached hydrogens (tertiary/aromatic N) is 1. The second-order valence-electron chi connectivity index (χ2n) is 9.69. The number of para-hydroxylation sites is 1. The van der Waals surface area contributed by atoms with Gasteiger partial charge in [0.05, 0.1) is 30.0 Å². The second-order valence-corrected chi connectivity index (χ2v) is 11.4. The standard InChI is InChI=1S/C30H32Cl2N2O6S/c1-38-26(29(36)37)15-22-23(31)13-20(14-24(22)32)28(35)34-30-33-25(17-41-30)21-11-5-9-19(27(21)39-2)10-6-12-40-16-18-7-3-4-8-18/h5,9,11,13-15,17-18H,3-4,6-8,10,12,16H2,1-2H3,(H,36,37)(H,33,34,35). The molecule has 2 aromatic carbocycles. The maximum Gasteiger partial charge on any atom is 0.371 e. The molecule has 0 aliphatic heterocycles. The van der Waals surface area contributed by atoms with Crippen LogP contribution in [0.25, 0.3) is 17.3 Å². The fraction of sp³-hybridized carbons (Fsp3) is 0.367. The lowest BCUT2D eigenvalue weighted by molar-refractivity contribution is -0.135. The monoisotopic (exact) mass is 618 g/mol. The maximum atomic E-state index is 13.0. The molecule has 1 heterocycles. The summed E-state index contributed by atoms with van der Waals surface area (Å²) in [5.74, 6) is -0.606. The highest BCUT2D eigenvalue weighted by molar-refractivity contribution is 7.14. The minimum atomic E-state index is -1.27. The van der Waals surface area contributed by atoms with Crippen molar-refractivity contribution >= 4 is 57.6 Å². The summed E-state index contributed by atoms with van der Waals surface area (Å²) in [6, 6.07) is 8.78. The van der Waals surface area contributed by atoms with E-state index >= 15 is 0 Å². The van der Waals surface area contributed by atoms with Crippen LogP contribution in [0.15, 0.2) is 41.5 Å². The van der Waals surface area contributed by atoms with Crippen molar-refractivity contribution in [3.8, 4) is 17.0 Å². The van der Waals surface area contributed by atoms with Crippen LogP contribution in [0.5, 0.6) is 5.75 Å². The third-order valence-electron chi connectivity index (χ3n) is 6.91. The number of ether oxygens (including phenoxy) is 3. The predicted octanol–water partition coefficient (Wildman–Crippen LogP) is 7.59. The summed E-state index contributed by atoms with van der Waals surface area (Å²) in [6.45, 7) is 1.57. The third-order valence-corrected chi connectivity index (χ3v) is 8.29. The number of aromatic nitrogens is 1. The minimum Gasteiger partial charge on any atom is -0.496 e. The summed E-state index contributed by atoms with van der Waals surface area (Å²) in [4.78, 5) is 28.8. The molecule has 0 radical (unpaired) electrons. The summed E-state index contributed by atoms with van der Waals surface area (Å²) in [5.41, 5.74) is 3.01. The zero-order valence-electron chi connectivity index (χ0n) is 22.9. The molecule has 11 heteroatoms. The highest BCUT2D eigenvalue weighted by Gasteiger charge is 2.19. The number of benzene rings is 2. The first-order valence-corrected chi connectivity index (χ1v) is 14.9. The third kappa shape index (κ3) is 8.01. The number of thiazole rings is 1. The Morgan fingerprint density at radius 1 is 1.17 bits per heavy atom. The lowest BCUT2D eigenvalue weighted by Gasteiger charge is -2.13. The molecule has 1 aliphatic carbocycles. The number of halogens is 2. The number of carboxylic acid groups (broad SMARTS) is 1. The number of hydrogen-bond donors (Lipinski definition) is 2. The molecule has 0 bridgehead atoms. The first-order valence-electron chi connectivity index (χ1n) is 13.3. The SMILES string of the molecule is COC(=Cc1c(Cl)cc(C(=O)Nc2nc(-c3cccc(CCCOCC4CCCC4)c3OC)cs2)cc1Cl)C(=O)O. The fourth-order valence-electron chi connectivity index (χ4n) is 4.83. The molecule has 8 nitrogen and oxygen atoms in total. The number of carboxylic acids is 1. The number of carbonyl (C=O) groups excluding carboxylic acids is 1. The molecule has 4 rings (SSSR count). The highest BCUT2D eigenvalue weighted by atomic mass is 35.5. The largest absolute Gasteiger partial charge is 0.496 e. The Kier molecular flexibility index (Phi) is 11.0. The minimum absolute atomic E-state index is 0.101. The van der Waals surface area contributed by atoms with E-state index in [1.807, 2.05) is 23.6 Å². The van der Waals surface area contributed by atoms with Gasteiger partial charge in [-0.3, -0.25) is 10.1 Å². The molecule has 1 aromatic heterocycles. The molecule has 218 valence electrons. The van der Waals surface area contributed by atoms with E-state index in [-0.39, 0.29) is 26.9 Å². The van der Waals surface area contributed by atoms with Gasteiger partial charge in [-0.1, -0.05) is 48.2 Å². The molecule has 41 heavy (non-hydrogen) atoms. The molecule has 0 unspecified atom stereocenters. The number of hydrogen-bond acceptors (Lipinski definition) is 7. The Morgan fingerprint density at radius 2 is 1.90 bits per heavy atom. The van der Waals surface area contributed by atoms with E-state index in [2.05, 4.69) is 10.3 Å². The van der Waals surface area contributed by atoms with E-state index in [1.54, 1.807) is 7.11 Å². The van der Waals surface area contributed by atoms with Gasteiger partial charge >= 0.3 is 5.97 Å². The van der Waals surface area contributed by atoms with Crippen molar-refractivity contribution in [2.75, 3.05) is 32.8 Å². The summed E-state index contributed by atoms with van der Waals surface area (Å²) >= 11 is 13.9. The van der Waals surface area contributed by atoms with E-state index in [0.29, 0.717) is 16.7 Å². The van der Waals surface area contributed by atoms with Gasteiger partial charge in [-0.25, -0.2) is 9.78 Å². The lowest BCUT2D eigenvalue weighted by atomic mass is 10.0.